The van der Waals surface area contributed by atoms with Gasteiger partial charge in [-0.25, -0.2) is 4.98 Å². The number of hydrogen-bond acceptors (Lipinski definition) is 3. The molecule has 0 radical (unpaired) electrons. The molecule has 1 N–H and O–H groups in total. The molecule has 0 saturated heterocycles. The fraction of sp³-hybridized carbons (Fsp3) is 0.120. The summed E-state index contributed by atoms with van der Waals surface area (Å²) in [5, 5.41) is 5.39. The van der Waals surface area contributed by atoms with Crippen LogP contribution in [0.25, 0.3) is 21.8 Å². The van der Waals surface area contributed by atoms with Crippen molar-refractivity contribution < 1.29 is 9.21 Å². The lowest BCUT2D eigenvalue weighted by molar-refractivity contribution is 0.0926. The summed E-state index contributed by atoms with van der Waals surface area (Å²) in [6.45, 7) is 1.21. The lowest BCUT2D eigenvalue weighted by atomic mass is 10.0. The fourth-order valence-electron chi connectivity index (χ4n) is 3.88. The summed E-state index contributed by atoms with van der Waals surface area (Å²) in [7, 11) is 0. The van der Waals surface area contributed by atoms with Gasteiger partial charge in [0.15, 0.2) is 5.76 Å². The van der Waals surface area contributed by atoms with Crippen LogP contribution in [0.5, 0.6) is 0 Å². The van der Waals surface area contributed by atoms with E-state index in [0.717, 1.165) is 23.4 Å². The van der Waals surface area contributed by atoms with Gasteiger partial charge in [-0.3, -0.25) is 4.79 Å². The van der Waals surface area contributed by atoms with Crippen LogP contribution in [-0.4, -0.2) is 22.0 Å². The summed E-state index contributed by atoms with van der Waals surface area (Å²) in [6, 6.07) is 26.3. The molecular weight excluding hydrogens is 374 g/mol. The molecule has 0 aliphatic heterocycles. The highest BCUT2D eigenvalue weighted by Gasteiger charge is 2.13. The molecule has 5 rings (SSSR count). The summed E-state index contributed by atoms with van der Waals surface area (Å²) in [5.41, 5.74) is 3.31. The van der Waals surface area contributed by atoms with Gasteiger partial charge in [0.1, 0.15) is 5.82 Å². The first-order chi connectivity index (χ1) is 14.8. The summed E-state index contributed by atoms with van der Waals surface area (Å²) in [4.78, 5) is 17.0. The van der Waals surface area contributed by atoms with E-state index >= 15 is 0 Å². The molecule has 2 aromatic heterocycles. The van der Waals surface area contributed by atoms with E-state index in [-0.39, 0.29) is 5.91 Å². The molecule has 0 aliphatic rings. The quantitative estimate of drug-likeness (QED) is 0.449. The monoisotopic (exact) mass is 395 g/mol. The minimum Gasteiger partial charge on any atom is -0.459 e. The van der Waals surface area contributed by atoms with Gasteiger partial charge in [-0.15, -0.1) is 0 Å². The Kier molecular flexibility index (Phi) is 4.77. The molecule has 148 valence electrons. The van der Waals surface area contributed by atoms with E-state index in [2.05, 4.69) is 58.4 Å². The Morgan fingerprint density at radius 2 is 1.77 bits per heavy atom. The normalized spacial score (nSPS) is 11.2. The number of rotatable bonds is 6. The van der Waals surface area contributed by atoms with Crippen LogP contribution in [0, 0.1) is 0 Å². The Labute approximate surface area is 174 Å². The topological polar surface area (TPSA) is 60.1 Å². The van der Waals surface area contributed by atoms with Crippen molar-refractivity contribution in [1.82, 2.24) is 14.9 Å². The van der Waals surface area contributed by atoms with E-state index < -0.39 is 0 Å². The van der Waals surface area contributed by atoms with Crippen molar-refractivity contribution in [1.29, 1.82) is 0 Å². The molecule has 0 bridgehead atoms. The highest BCUT2D eigenvalue weighted by molar-refractivity contribution is 5.91. The van der Waals surface area contributed by atoms with E-state index in [1.54, 1.807) is 12.1 Å². The Balaban J connectivity index is 1.44. The molecule has 3 aromatic carbocycles. The van der Waals surface area contributed by atoms with Crippen LogP contribution in [0.4, 0.5) is 0 Å². The fourth-order valence-corrected chi connectivity index (χ4v) is 3.88. The Morgan fingerprint density at radius 1 is 0.933 bits per heavy atom. The first-order valence-corrected chi connectivity index (χ1v) is 10.0. The van der Waals surface area contributed by atoms with Crippen LogP contribution in [0.15, 0.2) is 89.5 Å². The third-order valence-corrected chi connectivity index (χ3v) is 5.32. The lowest BCUT2D eigenvalue weighted by Gasteiger charge is -2.12. The standard InChI is InChI=1S/C25H21N3O2/c29-25(23-13-6-16-30-23)26-15-14-24-27-21-11-3-4-12-22(21)28(24)17-19-9-5-8-18-7-1-2-10-20(18)19/h1-13,16H,14-15,17H2,(H,26,29). The van der Waals surface area contributed by atoms with Gasteiger partial charge >= 0.3 is 0 Å². The maximum absolute atomic E-state index is 12.2. The lowest BCUT2D eigenvalue weighted by Crippen LogP contribution is -2.26. The van der Waals surface area contributed by atoms with Crippen molar-refractivity contribution in [3.8, 4) is 0 Å². The van der Waals surface area contributed by atoms with Crippen molar-refractivity contribution in [3.05, 3.63) is 102 Å². The molecule has 5 nitrogen and oxygen atoms in total. The van der Waals surface area contributed by atoms with Gasteiger partial charge < -0.3 is 14.3 Å². The van der Waals surface area contributed by atoms with Crippen LogP contribution < -0.4 is 5.32 Å². The summed E-state index contributed by atoms with van der Waals surface area (Å²) >= 11 is 0. The van der Waals surface area contributed by atoms with Gasteiger partial charge in [0.25, 0.3) is 5.91 Å². The average Bonchev–Trinajstić information content (AvgIpc) is 3.43. The predicted octanol–water partition coefficient (Wildman–Crippen LogP) is 4.80. The van der Waals surface area contributed by atoms with Gasteiger partial charge in [0.2, 0.25) is 0 Å². The molecular formula is C25H21N3O2. The third-order valence-electron chi connectivity index (χ3n) is 5.32. The Hall–Kier alpha value is -3.86. The molecule has 30 heavy (non-hydrogen) atoms. The first kappa shape index (κ1) is 18.2. The number of nitrogens with zero attached hydrogens (tertiary/aromatic N) is 2. The highest BCUT2D eigenvalue weighted by atomic mass is 16.3. The molecule has 0 unspecified atom stereocenters. The maximum atomic E-state index is 12.2. The van der Waals surface area contributed by atoms with Gasteiger partial charge in [-0.05, 0) is 40.6 Å². The number of nitrogens with one attached hydrogen (secondary N) is 1. The number of fused-ring (bicyclic) bond motifs is 2. The van der Waals surface area contributed by atoms with Crippen LogP contribution in [-0.2, 0) is 13.0 Å². The molecule has 1 amide bonds. The number of carbonyl (C=O) groups excluding carboxylic acids is 1. The number of carbonyl (C=O) groups is 1. The second-order valence-corrected chi connectivity index (χ2v) is 7.22. The summed E-state index contributed by atoms with van der Waals surface area (Å²) in [5.74, 6) is 1.06. The van der Waals surface area contributed by atoms with Crippen LogP contribution >= 0.6 is 0 Å². The molecule has 5 heteroatoms. The Bertz CT molecular complexity index is 1310. The molecule has 5 aromatic rings. The summed E-state index contributed by atoms with van der Waals surface area (Å²) < 4.78 is 7.40. The minimum atomic E-state index is -0.211. The molecule has 0 spiro atoms. The largest absolute Gasteiger partial charge is 0.459 e. The molecule has 0 saturated carbocycles. The number of amides is 1. The molecule has 0 fully saturated rings. The van der Waals surface area contributed by atoms with E-state index in [1.807, 2.05) is 18.2 Å². The van der Waals surface area contributed by atoms with Crippen LogP contribution in [0.3, 0.4) is 0 Å². The Morgan fingerprint density at radius 3 is 2.67 bits per heavy atom. The second kappa shape index (κ2) is 7.87. The van der Waals surface area contributed by atoms with Crippen LogP contribution in [0.1, 0.15) is 21.9 Å². The van der Waals surface area contributed by atoms with E-state index in [0.29, 0.717) is 18.7 Å². The SMILES string of the molecule is O=C(NCCc1nc2ccccc2n1Cc1cccc2ccccc12)c1ccco1. The van der Waals surface area contributed by atoms with Crippen molar-refractivity contribution in [3.63, 3.8) is 0 Å². The zero-order valence-corrected chi connectivity index (χ0v) is 16.4. The molecule has 0 atom stereocenters. The number of imidazole rings is 1. The van der Waals surface area contributed by atoms with E-state index in [9.17, 15) is 4.79 Å². The van der Waals surface area contributed by atoms with E-state index in [1.165, 1.54) is 22.6 Å². The van der Waals surface area contributed by atoms with Crippen molar-refractivity contribution in [2.45, 2.75) is 13.0 Å². The summed E-state index contributed by atoms with van der Waals surface area (Å²) in [6.07, 6.45) is 2.13. The second-order valence-electron chi connectivity index (χ2n) is 7.22. The zero-order valence-electron chi connectivity index (χ0n) is 16.4. The smallest absolute Gasteiger partial charge is 0.286 e. The van der Waals surface area contributed by atoms with Gasteiger partial charge in [0, 0.05) is 19.5 Å². The first-order valence-electron chi connectivity index (χ1n) is 10.0. The van der Waals surface area contributed by atoms with Gasteiger partial charge in [-0.1, -0.05) is 54.6 Å². The molecule has 0 aliphatic carbocycles. The van der Waals surface area contributed by atoms with Crippen molar-refractivity contribution in [2.24, 2.45) is 0 Å². The number of furan rings is 1. The van der Waals surface area contributed by atoms with Crippen molar-refractivity contribution >= 4 is 27.7 Å². The van der Waals surface area contributed by atoms with Gasteiger partial charge in [0.05, 0.1) is 17.3 Å². The van der Waals surface area contributed by atoms with Crippen molar-refractivity contribution in [2.75, 3.05) is 6.54 Å². The number of aromatic nitrogens is 2. The van der Waals surface area contributed by atoms with Gasteiger partial charge in [-0.2, -0.15) is 0 Å². The molecule has 2 heterocycles. The number of benzene rings is 3. The maximum Gasteiger partial charge on any atom is 0.286 e. The average molecular weight is 395 g/mol. The highest BCUT2D eigenvalue weighted by Crippen LogP contribution is 2.23. The predicted molar refractivity (Wildman–Crippen MR) is 118 cm³/mol. The zero-order chi connectivity index (χ0) is 20.3. The van der Waals surface area contributed by atoms with E-state index in [4.69, 9.17) is 9.40 Å². The third kappa shape index (κ3) is 3.46. The van der Waals surface area contributed by atoms with Crippen LogP contribution in [0.2, 0.25) is 0 Å². The minimum absolute atomic E-state index is 0.211. The number of hydrogen-bond donors (Lipinski definition) is 1. The number of para-hydroxylation sites is 2.